The van der Waals surface area contributed by atoms with Crippen molar-refractivity contribution in [3.63, 3.8) is 0 Å². The predicted octanol–water partition coefficient (Wildman–Crippen LogP) is 1.31. The third-order valence-electron chi connectivity index (χ3n) is 3.07. The van der Waals surface area contributed by atoms with Crippen molar-refractivity contribution in [1.82, 2.24) is 24.8 Å². The lowest BCUT2D eigenvalue weighted by Gasteiger charge is -2.04. The van der Waals surface area contributed by atoms with Gasteiger partial charge in [0.05, 0.1) is 12.9 Å². The lowest BCUT2D eigenvalue weighted by molar-refractivity contribution is 0.756. The highest BCUT2D eigenvalue weighted by atomic mass is 35.5. The van der Waals surface area contributed by atoms with Gasteiger partial charge in [0.15, 0.2) is 11.2 Å². The first-order valence-corrected chi connectivity index (χ1v) is 6.40. The SMILES string of the molecule is CNCc1nc2ncn(Cc3ccccc3)c2c(=O)[nH]1.Cl. The minimum Gasteiger partial charge on any atom is -0.320 e. The summed E-state index contributed by atoms with van der Waals surface area (Å²) in [7, 11) is 1.80. The summed E-state index contributed by atoms with van der Waals surface area (Å²) >= 11 is 0. The van der Waals surface area contributed by atoms with Gasteiger partial charge in [0.2, 0.25) is 0 Å². The van der Waals surface area contributed by atoms with E-state index in [1.807, 2.05) is 34.9 Å². The van der Waals surface area contributed by atoms with E-state index in [0.717, 1.165) is 5.56 Å². The average Bonchev–Trinajstić information content (AvgIpc) is 2.84. The molecule has 0 unspecified atom stereocenters. The van der Waals surface area contributed by atoms with Gasteiger partial charge in [-0.1, -0.05) is 30.3 Å². The number of halogens is 1. The fourth-order valence-electron chi connectivity index (χ4n) is 2.18. The highest BCUT2D eigenvalue weighted by molar-refractivity contribution is 5.85. The van der Waals surface area contributed by atoms with E-state index in [9.17, 15) is 4.79 Å². The first kappa shape index (κ1) is 15.2. The van der Waals surface area contributed by atoms with Crippen molar-refractivity contribution in [3.8, 4) is 0 Å². The van der Waals surface area contributed by atoms with Gasteiger partial charge in [0.1, 0.15) is 5.82 Å². The third kappa shape index (κ3) is 3.12. The van der Waals surface area contributed by atoms with Crippen LogP contribution in [0.25, 0.3) is 11.2 Å². The van der Waals surface area contributed by atoms with Crippen LogP contribution < -0.4 is 10.9 Å². The second kappa shape index (κ2) is 6.51. The highest BCUT2D eigenvalue weighted by Crippen LogP contribution is 2.09. The van der Waals surface area contributed by atoms with Gasteiger partial charge in [-0.25, -0.2) is 9.97 Å². The molecule has 3 rings (SSSR count). The molecule has 0 saturated carbocycles. The van der Waals surface area contributed by atoms with E-state index in [0.29, 0.717) is 30.1 Å². The summed E-state index contributed by atoms with van der Waals surface area (Å²) in [6.45, 7) is 1.12. The van der Waals surface area contributed by atoms with Crippen LogP contribution >= 0.6 is 12.4 Å². The van der Waals surface area contributed by atoms with E-state index in [-0.39, 0.29) is 18.0 Å². The van der Waals surface area contributed by atoms with Gasteiger partial charge < -0.3 is 14.9 Å². The first-order valence-electron chi connectivity index (χ1n) is 6.40. The third-order valence-corrected chi connectivity index (χ3v) is 3.07. The molecule has 1 aromatic carbocycles. The number of fused-ring (bicyclic) bond motifs is 1. The van der Waals surface area contributed by atoms with E-state index < -0.39 is 0 Å². The summed E-state index contributed by atoms with van der Waals surface area (Å²) < 4.78 is 1.82. The van der Waals surface area contributed by atoms with E-state index in [1.54, 1.807) is 13.4 Å². The highest BCUT2D eigenvalue weighted by Gasteiger charge is 2.10. The Labute approximate surface area is 127 Å². The molecule has 0 atom stereocenters. The number of nitrogens with one attached hydrogen (secondary N) is 2. The Bertz CT molecular complexity index is 781. The largest absolute Gasteiger partial charge is 0.320 e. The van der Waals surface area contributed by atoms with Crippen molar-refractivity contribution in [1.29, 1.82) is 0 Å². The van der Waals surface area contributed by atoms with Crippen molar-refractivity contribution in [2.45, 2.75) is 13.1 Å². The fourth-order valence-corrected chi connectivity index (χ4v) is 2.18. The van der Waals surface area contributed by atoms with Crippen molar-refractivity contribution < 1.29 is 0 Å². The quantitative estimate of drug-likeness (QED) is 0.762. The van der Waals surface area contributed by atoms with E-state index in [1.165, 1.54) is 0 Å². The van der Waals surface area contributed by atoms with Crippen LogP contribution in [0.4, 0.5) is 0 Å². The molecule has 0 spiro atoms. The standard InChI is InChI=1S/C14H15N5O.ClH/c1-15-7-11-17-13-12(14(20)18-11)19(9-16-13)8-10-5-3-2-4-6-10;/h2-6,9,15H,7-8H2,1H3,(H,17,18,20);1H. The lowest BCUT2D eigenvalue weighted by atomic mass is 10.2. The van der Waals surface area contributed by atoms with Crippen molar-refractivity contribution in [2.24, 2.45) is 0 Å². The Morgan fingerprint density at radius 2 is 2.05 bits per heavy atom. The maximum atomic E-state index is 12.2. The van der Waals surface area contributed by atoms with Crippen molar-refractivity contribution in [2.75, 3.05) is 7.05 Å². The number of hydrogen-bond acceptors (Lipinski definition) is 4. The molecule has 6 nitrogen and oxygen atoms in total. The molecular weight excluding hydrogens is 290 g/mol. The molecule has 0 bridgehead atoms. The summed E-state index contributed by atoms with van der Waals surface area (Å²) in [5.41, 5.74) is 1.95. The molecular formula is C14H16ClN5O. The van der Waals surface area contributed by atoms with Crippen LogP contribution in [0.1, 0.15) is 11.4 Å². The molecule has 3 aromatic rings. The molecule has 7 heteroatoms. The van der Waals surface area contributed by atoms with Crippen LogP contribution in [-0.4, -0.2) is 26.6 Å². The lowest BCUT2D eigenvalue weighted by Crippen LogP contribution is -2.18. The van der Waals surface area contributed by atoms with Crippen LogP contribution in [-0.2, 0) is 13.1 Å². The molecule has 2 N–H and O–H groups in total. The Morgan fingerprint density at radius 1 is 1.29 bits per heavy atom. The molecule has 0 aliphatic rings. The molecule has 21 heavy (non-hydrogen) atoms. The van der Waals surface area contributed by atoms with Crippen molar-refractivity contribution in [3.05, 3.63) is 58.4 Å². The Hall–Kier alpha value is -2.18. The van der Waals surface area contributed by atoms with Gasteiger partial charge in [0.25, 0.3) is 5.56 Å². The van der Waals surface area contributed by atoms with Gasteiger partial charge in [-0.15, -0.1) is 12.4 Å². The number of imidazole rings is 1. The maximum Gasteiger partial charge on any atom is 0.277 e. The number of aromatic nitrogens is 4. The molecule has 0 fully saturated rings. The zero-order chi connectivity index (χ0) is 13.9. The number of rotatable bonds is 4. The van der Waals surface area contributed by atoms with Gasteiger partial charge in [-0.05, 0) is 12.6 Å². The maximum absolute atomic E-state index is 12.2. The second-order valence-corrected chi connectivity index (χ2v) is 4.57. The van der Waals surface area contributed by atoms with E-state index in [2.05, 4.69) is 20.3 Å². The Kier molecular flexibility index (Phi) is 4.72. The van der Waals surface area contributed by atoms with Crippen LogP contribution in [0.15, 0.2) is 41.5 Å². The predicted molar refractivity (Wildman–Crippen MR) is 83.7 cm³/mol. The van der Waals surface area contributed by atoms with Gasteiger partial charge in [-0.3, -0.25) is 4.79 Å². The van der Waals surface area contributed by atoms with Crippen LogP contribution in [0.5, 0.6) is 0 Å². The molecule has 0 aliphatic carbocycles. The van der Waals surface area contributed by atoms with Crippen molar-refractivity contribution >= 4 is 23.6 Å². The zero-order valence-corrected chi connectivity index (χ0v) is 12.4. The molecule has 2 aromatic heterocycles. The Balaban J connectivity index is 0.00000161. The number of benzene rings is 1. The molecule has 0 saturated heterocycles. The van der Waals surface area contributed by atoms with E-state index >= 15 is 0 Å². The molecule has 2 heterocycles. The molecule has 0 radical (unpaired) electrons. The number of hydrogen-bond donors (Lipinski definition) is 2. The summed E-state index contributed by atoms with van der Waals surface area (Å²) in [5.74, 6) is 0.593. The average molecular weight is 306 g/mol. The number of H-pyrrole nitrogens is 1. The molecule has 0 aliphatic heterocycles. The van der Waals surface area contributed by atoms with E-state index in [4.69, 9.17) is 0 Å². The second-order valence-electron chi connectivity index (χ2n) is 4.57. The minimum absolute atomic E-state index is 0. The number of nitrogens with zero attached hydrogens (tertiary/aromatic N) is 3. The van der Waals surface area contributed by atoms with Crippen LogP contribution in [0.2, 0.25) is 0 Å². The van der Waals surface area contributed by atoms with Crippen LogP contribution in [0, 0.1) is 0 Å². The zero-order valence-electron chi connectivity index (χ0n) is 11.5. The monoisotopic (exact) mass is 305 g/mol. The first-order chi connectivity index (χ1) is 9.78. The summed E-state index contributed by atoms with van der Waals surface area (Å²) in [5, 5.41) is 2.96. The molecule has 110 valence electrons. The number of aromatic amines is 1. The summed E-state index contributed by atoms with van der Waals surface area (Å²) in [6, 6.07) is 9.95. The summed E-state index contributed by atoms with van der Waals surface area (Å²) in [6.07, 6.45) is 1.66. The van der Waals surface area contributed by atoms with Gasteiger partial charge in [0, 0.05) is 6.54 Å². The van der Waals surface area contributed by atoms with Gasteiger partial charge >= 0.3 is 0 Å². The fraction of sp³-hybridized carbons (Fsp3) is 0.214. The normalized spacial score (nSPS) is 10.5. The van der Waals surface area contributed by atoms with Gasteiger partial charge in [-0.2, -0.15) is 0 Å². The molecule has 0 amide bonds. The van der Waals surface area contributed by atoms with Crippen LogP contribution in [0.3, 0.4) is 0 Å². The Morgan fingerprint density at radius 3 is 2.76 bits per heavy atom. The summed E-state index contributed by atoms with van der Waals surface area (Å²) in [4.78, 5) is 23.5. The topological polar surface area (TPSA) is 75.6 Å². The minimum atomic E-state index is -0.159. The smallest absolute Gasteiger partial charge is 0.277 e.